The van der Waals surface area contributed by atoms with Gasteiger partial charge in [0.05, 0.1) is 13.2 Å². The normalized spacial score (nSPS) is 29.2. The molecule has 0 aliphatic carbocycles. The van der Waals surface area contributed by atoms with E-state index in [2.05, 4.69) is 0 Å². The highest BCUT2D eigenvalue weighted by Crippen LogP contribution is 2.31. The molecule has 0 radical (unpaired) electrons. The van der Waals surface area contributed by atoms with E-state index >= 15 is 0 Å². The largest absolute Gasteiger partial charge is 0.375 e. The number of nitrogens with zero attached hydrogens (tertiary/aromatic N) is 1. The molecular weight excluding hydrogens is 206 g/mol. The van der Waals surface area contributed by atoms with Gasteiger partial charge in [0, 0.05) is 6.54 Å². The molecule has 0 bridgehead atoms. The molecule has 2 heterocycles. The molecule has 1 aromatic rings. The third-order valence-electron chi connectivity index (χ3n) is 2.99. The topological polar surface area (TPSA) is 38.8 Å². The molecular formula is C12H13NO3. The summed E-state index contributed by atoms with van der Waals surface area (Å²) in [6.45, 7) is 1.72. The Morgan fingerprint density at radius 3 is 2.81 bits per heavy atom. The number of fused-ring (bicyclic) bond motifs is 1. The lowest BCUT2D eigenvalue weighted by Crippen LogP contribution is -2.43. The van der Waals surface area contributed by atoms with Gasteiger partial charge in [-0.25, -0.2) is 0 Å². The van der Waals surface area contributed by atoms with Crippen LogP contribution in [0.1, 0.15) is 11.7 Å². The maximum atomic E-state index is 12.1. The Morgan fingerprint density at radius 1 is 1.25 bits per heavy atom. The molecule has 0 N–H and O–H groups in total. The predicted octanol–water partition coefficient (Wildman–Crippen LogP) is 0.943. The third kappa shape index (κ3) is 1.50. The quantitative estimate of drug-likeness (QED) is 0.705. The maximum Gasteiger partial charge on any atom is 0.258 e. The molecule has 84 valence electrons. The fourth-order valence-corrected chi connectivity index (χ4v) is 2.16. The first-order valence-corrected chi connectivity index (χ1v) is 5.45. The maximum absolute atomic E-state index is 12.1. The highest BCUT2D eigenvalue weighted by atomic mass is 16.6. The summed E-state index contributed by atoms with van der Waals surface area (Å²) in [5, 5.41) is 0. The SMILES string of the molecule is O=C1C(c2ccccc2)OC2COCCN12. The Morgan fingerprint density at radius 2 is 2.06 bits per heavy atom. The van der Waals surface area contributed by atoms with Crippen LogP contribution in [0, 0.1) is 0 Å². The molecule has 2 saturated heterocycles. The minimum atomic E-state index is -0.451. The number of benzene rings is 1. The Bertz CT molecular complexity index is 393. The first kappa shape index (κ1) is 9.81. The third-order valence-corrected chi connectivity index (χ3v) is 2.99. The summed E-state index contributed by atoms with van der Waals surface area (Å²) in [5.41, 5.74) is 0.918. The van der Waals surface area contributed by atoms with E-state index in [0.29, 0.717) is 19.8 Å². The molecule has 0 spiro atoms. The number of morpholine rings is 1. The first-order valence-electron chi connectivity index (χ1n) is 5.45. The van der Waals surface area contributed by atoms with Crippen molar-refractivity contribution in [2.24, 2.45) is 0 Å². The minimum Gasteiger partial charge on any atom is -0.375 e. The summed E-state index contributed by atoms with van der Waals surface area (Å²) in [6, 6.07) is 9.60. The Labute approximate surface area is 93.8 Å². The number of carbonyl (C=O) groups is 1. The average molecular weight is 219 g/mol. The fraction of sp³-hybridized carbons (Fsp3) is 0.417. The molecule has 2 fully saturated rings. The number of hydrogen-bond donors (Lipinski definition) is 0. The molecule has 2 unspecified atom stereocenters. The second-order valence-electron chi connectivity index (χ2n) is 3.99. The lowest BCUT2D eigenvalue weighted by atomic mass is 10.1. The number of amides is 1. The number of ether oxygens (including phenoxy) is 2. The van der Waals surface area contributed by atoms with Gasteiger partial charge in [0.15, 0.2) is 12.3 Å². The van der Waals surface area contributed by atoms with Crippen LogP contribution in [0.3, 0.4) is 0 Å². The van der Waals surface area contributed by atoms with Crippen LogP contribution in [-0.4, -0.2) is 36.8 Å². The van der Waals surface area contributed by atoms with Crippen molar-refractivity contribution in [3.63, 3.8) is 0 Å². The van der Waals surface area contributed by atoms with Crippen molar-refractivity contribution < 1.29 is 14.3 Å². The Hall–Kier alpha value is -1.39. The van der Waals surface area contributed by atoms with E-state index in [0.717, 1.165) is 5.56 Å². The molecule has 4 nitrogen and oxygen atoms in total. The summed E-state index contributed by atoms with van der Waals surface area (Å²) in [5.74, 6) is 0.0551. The standard InChI is InChI=1S/C12H13NO3/c14-12-11(9-4-2-1-3-5-9)16-10-8-15-7-6-13(10)12/h1-5,10-11H,6-8H2. The van der Waals surface area contributed by atoms with Crippen molar-refractivity contribution in [3.05, 3.63) is 35.9 Å². The van der Waals surface area contributed by atoms with E-state index in [1.54, 1.807) is 4.90 Å². The Kier molecular flexibility index (Phi) is 2.38. The summed E-state index contributed by atoms with van der Waals surface area (Å²) in [6.07, 6.45) is -0.653. The van der Waals surface area contributed by atoms with Crippen LogP contribution >= 0.6 is 0 Å². The molecule has 16 heavy (non-hydrogen) atoms. The van der Waals surface area contributed by atoms with Crippen molar-refractivity contribution in [3.8, 4) is 0 Å². The van der Waals surface area contributed by atoms with Crippen LogP contribution in [0.2, 0.25) is 0 Å². The molecule has 3 rings (SSSR count). The van der Waals surface area contributed by atoms with Crippen molar-refractivity contribution in [1.82, 2.24) is 4.90 Å². The molecule has 0 saturated carbocycles. The van der Waals surface area contributed by atoms with Gasteiger partial charge >= 0.3 is 0 Å². The number of rotatable bonds is 1. The molecule has 2 aliphatic heterocycles. The van der Waals surface area contributed by atoms with E-state index in [9.17, 15) is 4.79 Å². The average Bonchev–Trinajstić information content (AvgIpc) is 2.69. The van der Waals surface area contributed by atoms with Gasteiger partial charge in [0.1, 0.15) is 0 Å². The second kappa shape index (κ2) is 3.88. The van der Waals surface area contributed by atoms with Gasteiger partial charge in [0.2, 0.25) is 0 Å². The zero-order valence-corrected chi connectivity index (χ0v) is 8.83. The summed E-state index contributed by atoms with van der Waals surface area (Å²) >= 11 is 0. The molecule has 4 heteroatoms. The minimum absolute atomic E-state index is 0.0551. The summed E-state index contributed by atoms with van der Waals surface area (Å²) in [7, 11) is 0. The zero-order valence-electron chi connectivity index (χ0n) is 8.83. The van der Waals surface area contributed by atoms with Crippen LogP contribution in [0.4, 0.5) is 0 Å². The molecule has 2 aliphatic rings. The van der Waals surface area contributed by atoms with E-state index in [-0.39, 0.29) is 12.1 Å². The van der Waals surface area contributed by atoms with Gasteiger partial charge in [0.25, 0.3) is 5.91 Å². The Balaban J connectivity index is 1.86. The lowest BCUT2D eigenvalue weighted by Gasteiger charge is -2.27. The molecule has 1 amide bonds. The van der Waals surface area contributed by atoms with Crippen LogP contribution in [0.25, 0.3) is 0 Å². The van der Waals surface area contributed by atoms with E-state index in [1.807, 2.05) is 30.3 Å². The van der Waals surface area contributed by atoms with E-state index in [4.69, 9.17) is 9.47 Å². The van der Waals surface area contributed by atoms with Crippen LogP contribution < -0.4 is 0 Å². The molecule has 0 aromatic heterocycles. The smallest absolute Gasteiger partial charge is 0.258 e. The van der Waals surface area contributed by atoms with Gasteiger partial charge in [-0.05, 0) is 5.56 Å². The van der Waals surface area contributed by atoms with E-state index in [1.165, 1.54) is 0 Å². The van der Waals surface area contributed by atoms with Gasteiger partial charge in [-0.15, -0.1) is 0 Å². The zero-order chi connectivity index (χ0) is 11.0. The van der Waals surface area contributed by atoms with Gasteiger partial charge in [-0.2, -0.15) is 0 Å². The van der Waals surface area contributed by atoms with Crippen molar-refractivity contribution >= 4 is 5.91 Å². The highest BCUT2D eigenvalue weighted by Gasteiger charge is 2.42. The molecule has 2 atom stereocenters. The van der Waals surface area contributed by atoms with Crippen molar-refractivity contribution in [2.75, 3.05) is 19.8 Å². The number of carbonyl (C=O) groups excluding carboxylic acids is 1. The van der Waals surface area contributed by atoms with Gasteiger partial charge < -0.3 is 14.4 Å². The summed E-state index contributed by atoms with van der Waals surface area (Å²) in [4.78, 5) is 13.9. The van der Waals surface area contributed by atoms with Crippen molar-refractivity contribution in [2.45, 2.75) is 12.3 Å². The van der Waals surface area contributed by atoms with Crippen molar-refractivity contribution in [1.29, 1.82) is 0 Å². The first-order chi connectivity index (χ1) is 7.86. The second-order valence-corrected chi connectivity index (χ2v) is 3.99. The monoisotopic (exact) mass is 219 g/mol. The van der Waals surface area contributed by atoms with Crippen LogP contribution in [0.15, 0.2) is 30.3 Å². The lowest BCUT2D eigenvalue weighted by molar-refractivity contribution is -0.135. The fourth-order valence-electron chi connectivity index (χ4n) is 2.16. The highest BCUT2D eigenvalue weighted by molar-refractivity contribution is 5.84. The van der Waals surface area contributed by atoms with Gasteiger partial charge in [-0.1, -0.05) is 30.3 Å². The van der Waals surface area contributed by atoms with Crippen LogP contribution in [-0.2, 0) is 14.3 Å². The van der Waals surface area contributed by atoms with Crippen LogP contribution in [0.5, 0.6) is 0 Å². The summed E-state index contributed by atoms with van der Waals surface area (Å²) < 4.78 is 11.0. The predicted molar refractivity (Wildman–Crippen MR) is 56.6 cm³/mol. The van der Waals surface area contributed by atoms with Gasteiger partial charge in [-0.3, -0.25) is 4.79 Å². The molecule has 1 aromatic carbocycles. The van der Waals surface area contributed by atoms with E-state index < -0.39 is 6.10 Å². The number of hydrogen-bond acceptors (Lipinski definition) is 3.